The predicted octanol–water partition coefficient (Wildman–Crippen LogP) is 1.65. The van der Waals surface area contributed by atoms with Gasteiger partial charge in [-0.05, 0) is 29.9 Å². The smallest absolute Gasteiger partial charge is 0.104 e. The minimum atomic E-state index is -0.0984. The fraction of sp³-hybridized carbons (Fsp3) is 0.385. The van der Waals surface area contributed by atoms with Crippen LogP contribution in [-0.4, -0.2) is 29.2 Å². The van der Waals surface area contributed by atoms with Crippen LogP contribution >= 0.6 is 11.8 Å². The molecule has 0 aliphatic carbocycles. The third-order valence-electron chi connectivity index (χ3n) is 1.98. The second kappa shape index (κ2) is 8.23. The van der Waals surface area contributed by atoms with E-state index in [1.54, 1.807) is 0 Å². The Balaban J connectivity index is 2.39. The fourth-order valence-electron chi connectivity index (χ4n) is 1.18. The summed E-state index contributed by atoms with van der Waals surface area (Å²) in [6.45, 7) is 0.168. The van der Waals surface area contributed by atoms with Gasteiger partial charge in [0.2, 0.25) is 0 Å². The second-order valence-corrected chi connectivity index (χ2v) is 4.39. The van der Waals surface area contributed by atoms with Crippen molar-refractivity contribution in [1.82, 2.24) is 0 Å². The molecule has 0 amide bonds. The average molecular weight is 236 g/mol. The Morgan fingerprint density at radius 3 is 2.50 bits per heavy atom. The van der Waals surface area contributed by atoms with Gasteiger partial charge >= 0.3 is 0 Å². The van der Waals surface area contributed by atoms with Crippen LogP contribution in [0.15, 0.2) is 24.3 Å². The molecule has 0 aromatic heterocycles. The molecule has 0 unspecified atom stereocenters. The van der Waals surface area contributed by atoms with E-state index >= 15 is 0 Å². The average Bonchev–Trinajstić information content (AvgIpc) is 2.33. The molecule has 0 bridgehead atoms. The first-order valence-electron chi connectivity index (χ1n) is 5.24. The van der Waals surface area contributed by atoms with Crippen molar-refractivity contribution in [3.05, 3.63) is 35.4 Å². The quantitative estimate of drug-likeness (QED) is 0.603. The van der Waals surface area contributed by atoms with Crippen LogP contribution in [0.3, 0.4) is 0 Å². The molecule has 0 fully saturated rings. The summed E-state index contributed by atoms with van der Waals surface area (Å²) in [5, 5.41) is 17.2. The predicted molar refractivity (Wildman–Crippen MR) is 68.3 cm³/mol. The zero-order chi connectivity index (χ0) is 11.6. The largest absolute Gasteiger partial charge is 0.396 e. The van der Waals surface area contributed by atoms with Gasteiger partial charge in [-0.2, -0.15) is 11.8 Å². The van der Waals surface area contributed by atoms with Crippen molar-refractivity contribution in [2.45, 2.75) is 12.2 Å². The van der Waals surface area contributed by atoms with Gasteiger partial charge in [-0.15, -0.1) is 0 Å². The Bertz CT molecular complexity index is 348. The lowest BCUT2D eigenvalue weighted by atomic mass is 10.1. The third kappa shape index (κ3) is 5.22. The number of aliphatic hydroxyl groups excluding tert-OH is 2. The molecule has 0 radical (unpaired) electrons. The van der Waals surface area contributed by atoms with E-state index in [1.807, 2.05) is 36.0 Å². The fourth-order valence-corrected chi connectivity index (χ4v) is 2.09. The summed E-state index contributed by atoms with van der Waals surface area (Å²) in [4.78, 5) is 0. The molecule has 86 valence electrons. The maximum absolute atomic E-state index is 8.63. The van der Waals surface area contributed by atoms with E-state index in [0.717, 1.165) is 23.5 Å². The minimum Gasteiger partial charge on any atom is -0.396 e. The van der Waals surface area contributed by atoms with E-state index in [0.29, 0.717) is 0 Å². The molecule has 0 saturated carbocycles. The molecule has 0 saturated heterocycles. The molecular weight excluding hydrogens is 220 g/mol. The van der Waals surface area contributed by atoms with Crippen molar-refractivity contribution in [3.8, 4) is 11.8 Å². The van der Waals surface area contributed by atoms with Gasteiger partial charge in [-0.25, -0.2) is 0 Å². The van der Waals surface area contributed by atoms with Gasteiger partial charge in [-0.1, -0.05) is 24.0 Å². The second-order valence-electron chi connectivity index (χ2n) is 3.29. The maximum atomic E-state index is 8.63. The maximum Gasteiger partial charge on any atom is 0.104 e. The Morgan fingerprint density at radius 2 is 1.88 bits per heavy atom. The Kier molecular flexibility index (Phi) is 6.75. The van der Waals surface area contributed by atoms with Crippen molar-refractivity contribution in [2.24, 2.45) is 0 Å². The van der Waals surface area contributed by atoms with Gasteiger partial charge in [0.1, 0.15) is 6.61 Å². The molecule has 0 atom stereocenters. The van der Waals surface area contributed by atoms with Crippen LogP contribution in [-0.2, 0) is 5.75 Å². The van der Waals surface area contributed by atoms with E-state index in [4.69, 9.17) is 10.2 Å². The number of aliphatic hydroxyl groups is 2. The van der Waals surface area contributed by atoms with Gasteiger partial charge in [0.25, 0.3) is 0 Å². The van der Waals surface area contributed by atoms with Crippen molar-refractivity contribution in [2.75, 3.05) is 19.0 Å². The normalized spacial score (nSPS) is 9.62. The van der Waals surface area contributed by atoms with Gasteiger partial charge in [-0.3, -0.25) is 0 Å². The first-order valence-corrected chi connectivity index (χ1v) is 6.39. The molecule has 3 heteroatoms. The molecule has 0 aliphatic heterocycles. The summed E-state index contributed by atoms with van der Waals surface area (Å²) >= 11 is 1.82. The molecule has 2 N–H and O–H groups in total. The molecule has 1 aromatic rings. The van der Waals surface area contributed by atoms with E-state index < -0.39 is 0 Å². The minimum absolute atomic E-state index is 0.0984. The molecule has 0 spiro atoms. The van der Waals surface area contributed by atoms with Crippen LogP contribution in [0.2, 0.25) is 0 Å². The highest BCUT2D eigenvalue weighted by Crippen LogP contribution is 2.13. The summed E-state index contributed by atoms with van der Waals surface area (Å²) in [6, 6.07) is 8.02. The Hall–Kier alpha value is -0.950. The Morgan fingerprint density at radius 1 is 1.12 bits per heavy atom. The summed E-state index contributed by atoms with van der Waals surface area (Å²) in [6.07, 6.45) is 0.852. The lowest BCUT2D eigenvalue weighted by molar-refractivity contribution is 0.296. The number of thioether (sulfide) groups is 1. The van der Waals surface area contributed by atoms with Crippen LogP contribution in [0, 0.1) is 11.8 Å². The third-order valence-corrected chi connectivity index (χ3v) is 3.10. The van der Waals surface area contributed by atoms with Gasteiger partial charge in [0, 0.05) is 17.9 Å². The van der Waals surface area contributed by atoms with Crippen molar-refractivity contribution >= 4 is 11.8 Å². The van der Waals surface area contributed by atoms with Crippen LogP contribution in [0.25, 0.3) is 0 Å². The molecule has 2 nitrogen and oxygen atoms in total. The summed E-state index contributed by atoms with van der Waals surface area (Å²) in [7, 11) is 0. The molecule has 16 heavy (non-hydrogen) atoms. The number of benzene rings is 1. The standard InChI is InChI=1S/C13H16O2S/c14-8-1-3-12-4-6-13(7-5-12)11-16-10-2-9-15/h4-7,14-15H,2,8-11H2. The van der Waals surface area contributed by atoms with Crippen molar-refractivity contribution < 1.29 is 10.2 Å². The highest BCUT2D eigenvalue weighted by molar-refractivity contribution is 7.98. The summed E-state index contributed by atoms with van der Waals surface area (Å²) in [5.41, 5.74) is 2.19. The van der Waals surface area contributed by atoms with Crippen LogP contribution in [0.4, 0.5) is 0 Å². The summed E-state index contributed by atoms with van der Waals surface area (Å²) in [5.74, 6) is 7.43. The molecule has 0 heterocycles. The monoisotopic (exact) mass is 236 g/mol. The zero-order valence-corrected chi connectivity index (χ0v) is 9.96. The van der Waals surface area contributed by atoms with Crippen molar-refractivity contribution in [3.63, 3.8) is 0 Å². The van der Waals surface area contributed by atoms with E-state index in [-0.39, 0.29) is 13.2 Å². The molecule has 1 aromatic carbocycles. The Labute approximate surface area is 101 Å². The number of hydrogen-bond donors (Lipinski definition) is 2. The number of hydrogen-bond acceptors (Lipinski definition) is 3. The van der Waals surface area contributed by atoms with Crippen molar-refractivity contribution in [1.29, 1.82) is 0 Å². The van der Waals surface area contributed by atoms with E-state index in [1.165, 1.54) is 5.56 Å². The SMILES string of the molecule is OCC#Cc1ccc(CSCCCO)cc1. The van der Waals surface area contributed by atoms with E-state index in [2.05, 4.69) is 11.8 Å². The van der Waals surface area contributed by atoms with Crippen LogP contribution in [0.5, 0.6) is 0 Å². The molecular formula is C13H16O2S. The van der Waals surface area contributed by atoms with Gasteiger partial charge in [0.05, 0.1) is 0 Å². The summed E-state index contributed by atoms with van der Waals surface area (Å²) < 4.78 is 0. The van der Waals surface area contributed by atoms with Gasteiger partial charge in [0.15, 0.2) is 0 Å². The number of rotatable bonds is 5. The van der Waals surface area contributed by atoms with Crippen LogP contribution in [0.1, 0.15) is 17.5 Å². The van der Waals surface area contributed by atoms with E-state index in [9.17, 15) is 0 Å². The van der Waals surface area contributed by atoms with Gasteiger partial charge < -0.3 is 10.2 Å². The topological polar surface area (TPSA) is 40.5 Å². The lowest BCUT2D eigenvalue weighted by Crippen LogP contribution is -1.87. The van der Waals surface area contributed by atoms with Crippen LogP contribution < -0.4 is 0 Å². The first kappa shape index (κ1) is 13.1. The zero-order valence-electron chi connectivity index (χ0n) is 9.15. The first-order chi connectivity index (χ1) is 7.86. The highest BCUT2D eigenvalue weighted by Gasteiger charge is 1.93. The molecule has 1 rings (SSSR count). The highest BCUT2D eigenvalue weighted by atomic mass is 32.2. The lowest BCUT2D eigenvalue weighted by Gasteiger charge is -2.01. The molecule has 0 aliphatic rings.